The van der Waals surface area contributed by atoms with Crippen LogP contribution in [0.15, 0.2) is 0 Å². The Kier molecular flexibility index (Phi) is 1.62. The van der Waals surface area contributed by atoms with Crippen LogP contribution in [0.25, 0.3) is 0 Å². The summed E-state index contributed by atoms with van der Waals surface area (Å²) in [5.74, 6) is 0.292. The zero-order chi connectivity index (χ0) is 7.14. The summed E-state index contributed by atoms with van der Waals surface area (Å²) in [6.45, 7) is 0. The molecule has 0 aromatic heterocycles. The number of rotatable bonds is 0. The number of carbonyl (C=O) groups is 1. The van der Waals surface area contributed by atoms with E-state index in [1.54, 1.807) is 0 Å². The number of alkyl halides is 1. The first-order valence-electron chi connectivity index (χ1n) is 3.62. The summed E-state index contributed by atoms with van der Waals surface area (Å²) in [6.07, 6.45) is 3.42. The number of hydrogen-bond acceptors (Lipinski definition) is 2. The first kappa shape index (κ1) is 6.88. The molecule has 56 valence electrons. The van der Waals surface area contributed by atoms with Gasteiger partial charge in [-0.3, -0.25) is 4.79 Å². The van der Waals surface area contributed by atoms with Gasteiger partial charge >= 0.3 is 5.97 Å². The third kappa shape index (κ3) is 0.946. The Morgan fingerprint density at radius 1 is 1.50 bits per heavy atom. The summed E-state index contributed by atoms with van der Waals surface area (Å²) in [7, 11) is 0. The minimum atomic E-state index is 0.0455. The summed E-state index contributed by atoms with van der Waals surface area (Å²) in [4.78, 5) is 11.0. The van der Waals surface area contributed by atoms with Crippen LogP contribution >= 0.6 is 22.6 Å². The van der Waals surface area contributed by atoms with Gasteiger partial charge in [0.05, 0.1) is 5.92 Å². The molecule has 2 fully saturated rings. The van der Waals surface area contributed by atoms with Gasteiger partial charge in [0.15, 0.2) is 0 Å². The van der Waals surface area contributed by atoms with Crippen molar-refractivity contribution < 1.29 is 9.53 Å². The highest BCUT2D eigenvalue weighted by molar-refractivity contribution is 14.1. The number of carbonyl (C=O) groups excluding carboxylic acids is 1. The molecule has 0 radical (unpaired) electrons. The predicted octanol–water partition coefficient (Wildman–Crippen LogP) is 1.52. The smallest absolute Gasteiger partial charge is 0.309 e. The SMILES string of the molecule is O=C1O[C@@H]2C[C@H]1CCC2I. The molecule has 1 saturated carbocycles. The van der Waals surface area contributed by atoms with E-state index in [1.807, 2.05) is 0 Å². The fourth-order valence-corrected chi connectivity index (χ4v) is 2.47. The van der Waals surface area contributed by atoms with E-state index in [2.05, 4.69) is 22.6 Å². The monoisotopic (exact) mass is 252 g/mol. The summed E-state index contributed by atoms with van der Waals surface area (Å²) in [6, 6.07) is 0. The molecule has 0 aromatic carbocycles. The van der Waals surface area contributed by atoms with E-state index < -0.39 is 0 Å². The zero-order valence-corrected chi connectivity index (χ0v) is 7.71. The lowest BCUT2D eigenvalue weighted by molar-refractivity contribution is -0.143. The van der Waals surface area contributed by atoms with Gasteiger partial charge in [0.1, 0.15) is 6.10 Å². The first-order valence-corrected chi connectivity index (χ1v) is 4.86. The highest BCUT2D eigenvalue weighted by atomic mass is 127. The molecule has 1 heterocycles. The van der Waals surface area contributed by atoms with Crippen molar-refractivity contribution in [3.63, 3.8) is 0 Å². The van der Waals surface area contributed by atoms with Gasteiger partial charge in [-0.25, -0.2) is 0 Å². The van der Waals surface area contributed by atoms with Crippen LogP contribution in [0.3, 0.4) is 0 Å². The molecular formula is C7H9IO2. The topological polar surface area (TPSA) is 26.3 Å². The van der Waals surface area contributed by atoms with Crippen LogP contribution in [-0.4, -0.2) is 16.0 Å². The van der Waals surface area contributed by atoms with Crippen molar-refractivity contribution in [2.75, 3.05) is 0 Å². The number of hydrogen-bond donors (Lipinski definition) is 0. The Morgan fingerprint density at radius 3 is 3.00 bits per heavy atom. The van der Waals surface area contributed by atoms with Gasteiger partial charge in [0.25, 0.3) is 0 Å². The highest BCUT2D eigenvalue weighted by Gasteiger charge is 2.41. The van der Waals surface area contributed by atoms with Crippen LogP contribution in [0.1, 0.15) is 19.3 Å². The van der Waals surface area contributed by atoms with Crippen LogP contribution in [0.5, 0.6) is 0 Å². The summed E-state index contributed by atoms with van der Waals surface area (Å²) >= 11 is 2.38. The number of esters is 1. The third-order valence-corrected chi connectivity index (χ3v) is 3.74. The van der Waals surface area contributed by atoms with Crippen molar-refractivity contribution in [3.8, 4) is 0 Å². The van der Waals surface area contributed by atoms with Gasteiger partial charge in [-0.15, -0.1) is 0 Å². The second kappa shape index (κ2) is 2.36. The average Bonchev–Trinajstić information content (AvgIpc) is 2.21. The van der Waals surface area contributed by atoms with Crippen LogP contribution in [-0.2, 0) is 9.53 Å². The molecule has 1 unspecified atom stereocenters. The van der Waals surface area contributed by atoms with E-state index >= 15 is 0 Å². The number of fused-ring (bicyclic) bond motifs is 2. The fraction of sp³-hybridized carbons (Fsp3) is 0.857. The van der Waals surface area contributed by atoms with Gasteiger partial charge in [-0.05, 0) is 19.3 Å². The molecular weight excluding hydrogens is 243 g/mol. The van der Waals surface area contributed by atoms with Crippen molar-refractivity contribution in [2.45, 2.75) is 29.3 Å². The summed E-state index contributed by atoms with van der Waals surface area (Å²) in [5.41, 5.74) is 0. The van der Waals surface area contributed by atoms with Crippen molar-refractivity contribution in [1.29, 1.82) is 0 Å². The fourth-order valence-electron chi connectivity index (χ4n) is 1.67. The quantitative estimate of drug-likeness (QED) is 0.371. The Balaban J connectivity index is 2.15. The standard InChI is InChI=1S/C7H9IO2/c8-5-2-1-4-3-6(5)10-7(4)9/h4-6H,1-3H2/t4-,5?,6-/m1/s1. The lowest BCUT2D eigenvalue weighted by Crippen LogP contribution is -2.22. The van der Waals surface area contributed by atoms with E-state index in [0.717, 1.165) is 19.3 Å². The Hall–Kier alpha value is 0.200. The largest absolute Gasteiger partial charge is 0.461 e. The molecule has 2 aliphatic rings. The van der Waals surface area contributed by atoms with E-state index in [0.29, 0.717) is 3.92 Å². The van der Waals surface area contributed by atoms with Crippen LogP contribution in [0, 0.1) is 5.92 Å². The first-order chi connectivity index (χ1) is 4.77. The molecule has 1 saturated heterocycles. The number of ether oxygens (including phenoxy) is 1. The van der Waals surface area contributed by atoms with E-state index in [-0.39, 0.29) is 18.0 Å². The van der Waals surface area contributed by atoms with Crippen molar-refractivity contribution >= 4 is 28.6 Å². The lowest BCUT2D eigenvalue weighted by atomic mass is 9.90. The van der Waals surface area contributed by atoms with Crippen LogP contribution in [0.2, 0.25) is 0 Å². The molecule has 1 aliphatic carbocycles. The summed E-state index contributed by atoms with van der Waals surface area (Å²) in [5, 5.41) is 0. The Bertz CT molecular complexity index is 169. The van der Waals surface area contributed by atoms with E-state index in [1.165, 1.54) is 0 Å². The van der Waals surface area contributed by atoms with Gasteiger partial charge in [-0.1, -0.05) is 22.6 Å². The van der Waals surface area contributed by atoms with Crippen molar-refractivity contribution in [3.05, 3.63) is 0 Å². The molecule has 2 bridgehead atoms. The molecule has 3 atom stereocenters. The molecule has 0 N–H and O–H groups in total. The molecule has 0 spiro atoms. The van der Waals surface area contributed by atoms with Gasteiger partial charge in [-0.2, -0.15) is 0 Å². The lowest BCUT2D eigenvalue weighted by Gasteiger charge is -2.19. The molecule has 2 rings (SSSR count). The van der Waals surface area contributed by atoms with Gasteiger partial charge < -0.3 is 4.74 Å². The Labute approximate surface area is 73.5 Å². The molecule has 0 aromatic rings. The van der Waals surface area contributed by atoms with Gasteiger partial charge in [0, 0.05) is 3.92 Å². The highest BCUT2D eigenvalue weighted by Crippen LogP contribution is 2.37. The minimum Gasteiger partial charge on any atom is -0.461 e. The average molecular weight is 252 g/mol. The molecule has 2 nitrogen and oxygen atoms in total. The third-order valence-electron chi connectivity index (χ3n) is 2.31. The molecule has 3 heteroatoms. The Morgan fingerprint density at radius 2 is 2.30 bits per heavy atom. The maximum absolute atomic E-state index is 11.0. The van der Waals surface area contributed by atoms with Crippen molar-refractivity contribution in [1.82, 2.24) is 0 Å². The molecule has 1 aliphatic heterocycles. The molecule has 0 amide bonds. The van der Waals surface area contributed by atoms with Crippen LogP contribution in [0.4, 0.5) is 0 Å². The van der Waals surface area contributed by atoms with Crippen LogP contribution < -0.4 is 0 Å². The summed E-state index contributed by atoms with van der Waals surface area (Å²) < 4.78 is 5.72. The second-order valence-corrected chi connectivity index (χ2v) is 4.60. The van der Waals surface area contributed by atoms with E-state index in [9.17, 15) is 4.79 Å². The van der Waals surface area contributed by atoms with Crippen molar-refractivity contribution in [2.24, 2.45) is 5.92 Å². The molecule has 10 heavy (non-hydrogen) atoms. The second-order valence-electron chi connectivity index (χ2n) is 3.00. The maximum Gasteiger partial charge on any atom is 0.309 e. The van der Waals surface area contributed by atoms with Gasteiger partial charge in [0.2, 0.25) is 0 Å². The minimum absolute atomic E-state index is 0.0455. The number of halogens is 1. The zero-order valence-electron chi connectivity index (χ0n) is 5.55. The predicted molar refractivity (Wildman–Crippen MR) is 45.0 cm³/mol. The maximum atomic E-state index is 11.0. The normalized spacial score (nSPS) is 45.3. The van der Waals surface area contributed by atoms with E-state index in [4.69, 9.17) is 4.74 Å².